The number of aryl methyl sites for hydroxylation is 2. The van der Waals surface area contributed by atoms with Crippen LogP contribution in [0.5, 0.6) is 11.5 Å². The van der Waals surface area contributed by atoms with E-state index in [-0.39, 0.29) is 0 Å². The Kier molecular flexibility index (Phi) is 5.31. The van der Waals surface area contributed by atoms with Crippen molar-refractivity contribution in [3.8, 4) is 23.0 Å². The van der Waals surface area contributed by atoms with Crippen LogP contribution in [-0.4, -0.2) is 18.7 Å². The molecule has 6 heteroatoms. The van der Waals surface area contributed by atoms with E-state index < -0.39 is 6.98 Å². The van der Waals surface area contributed by atoms with E-state index in [1.807, 2.05) is 83.6 Å². The van der Waals surface area contributed by atoms with Crippen molar-refractivity contribution in [1.29, 1.82) is 0 Å². The Morgan fingerprint density at radius 2 is 1.62 bits per heavy atom. The van der Waals surface area contributed by atoms with Gasteiger partial charge in [0.05, 0.1) is 0 Å². The Hall–Kier alpha value is -4.21. The molecule has 8 rings (SSSR count). The van der Waals surface area contributed by atoms with Crippen LogP contribution < -0.4 is 4.74 Å². The van der Waals surface area contributed by atoms with Gasteiger partial charge in [0.2, 0.25) is 0 Å². The monoisotopic (exact) mass is 732 g/mol. The molecular weight excluding hydrogens is 700 g/mol. The van der Waals surface area contributed by atoms with Gasteiger partial charge in [-0.05, 0) is 42.4 Å². The van der Waals surface area contributed by atoms with Crippen molar-refractivity contribution in [3.63, 3.8) is 0 Å². The normalized spacial score (nSPS) is 16.4. The molecule has 210 valence electrons. The molecule has 5 nitrogen and oxygen atoms in total. The summed E-state index contributed by atoms with van der Waals surface area (Å²) >= 11 is 2.09. The second-order valence-electron chi connectivity index (χ2n) is 11.2. The van der Waals surface area contributed by atoms with Gasteiger partial charge in [-0.3, -0.25) is 0 Å². The molecule has 0 aliphatic heterocycles. The average molecular weight is 733 g/mol. The number of benzene rings is 4. The predicted molar refractivity (Wildman–Crippen MR) is 165 cm³/mol. The molecule has 1 unspecified atom stereocenters. The molecule has 3 heterocycles. The van der Waals surface area contributed by atoms with Crippen molar-refractivity contribution >= 4 is 32.8 Å². The van der Waals surface area contributed by atoms with Crippen LogP contribution in [0.2, 0.25) is 0 Å². The van der Waals surface area contributed by atoms with Crippen LogP contribution >= 0.6 is 0 Å². The topological polar surface area (TPSA) is 36.9 Å². The summed E-state index contributed by atoms with van der Waals surface area (Å²) in [6.07, 6.45) is 5.26. The summed E-state index contributed by atoms with van der Waals surface area (Å²) in [6, 6.07) is 32.4. The molecule has 0 amide bonds. The summed E-state index contributed by atoms with van der Waals surface area (Å²) in [5, 5.41) is 2.40. The van der Waals surface area contributed by atoms with Gasteiger partial charge < -0.3 is 0 Å². The second kappa shape index (κ2) is 9.96. The van der Waals surface area contributed by atoms with Crippen molar-refractivity contribution in [2.45, 2.75) is 26.2 Å². The molecule has 3 aromatic heterocycles. The summed E-state index contributed by atoms with van der Waals surface area (Å²) in [4.78, 5) is 4.73. The Morgan fingerprint density at radius 1 is 0.786 bits per heavy atom. The summed E-state index contributed by atoms with van der Waals surface area (Å²) in [5.74, 6) is 2.94. The molecule has 1 aliphatic rings. The van der Waals surface area contributed by atoms with Crippen molar-refractivity contribution < 1.29 is 28.2 Å². The zero-order chi connectivity index (χ0) is 30.9. The van der Waals surface area contributed by atoms with Crippen LogP contribution in [0, 0.1) is 9.72 Å². The van der Waals surface area contributed by atoms with E-state index in [0.717, 1.165) is 40.9 Å². The van der Waals surface area contributed by atoms with Gasteiger partial charge in [0.1, 0.15) is 0 Å². The van der Waals surface area contributed by atoms with Crippen molar-refractivity contribution in [2.75, 3.05) is 0 Å². The van der Waals surface area contributed by atoms with Crippen LogP contribution in [0.4, 0.5) is 0 Å². The minimum absolute atomic E-state index is 0.590. The molecule has 0 fully saturated rings. The van der Waals surface area contributed by atoms with Crippen LogP contribution in [0.1, 0.15) is 28.6 Å². The molecule has 4 aromatic carbocycles. The fourth-order valence-electron chi connectivity index (χ4n) is 6.42. The van der Waals surface area contributed by atoms with Gasteiger partial charge in [0.15, 0.2) is 0 Å². The number of nitrogens with zero attached hydrogens (tertiary/aromatic N) is 4. The number of imidazole rings is 1. The number of ether oxygens (including phenoxy) is 1. The molecule has 0 saturated heterocycles. The summed E-state index contributed by atoms with van der Waals surface area (Å²) in [6.45, 7) is 0.0306. The molecule has 0 radical (unpaired) electrons. The first-order valence-electron chi connectivity index (χ1n) is 15.7. The Morgan fingerprint density at radius 3 is 2.48 bits per heavy atom. The third kappa shape index (κ3) is 4.10. The first-order chi connectivity index (χ1) is 21.8. The van der Waals surface area contributed by atoms with Gasteiger partial charge in [-0.25, -0.2) is 0 Å². The standard InChI is InChI=1S/C36H30N4O.Pt/c1-24-13-14-25-20-34-31(19-26(25)18-24)30-16-15-29(22-35(30)40(34)36-12-5-6-17-37-36)41-28-9-7-8-27(21-28)39-23-38(2)32-10-3-4-11-33(32)39;/h3-12,15-17,19-22,24H,13-14,18H2,1-2H3;/i2D3;. The molecule has 7 aromatic rings. The molecular formula is C36H30N4OPt. The number of aromatic nitrogens is 4. The fraction of sp³-hybridized carbons (Fsp3) is 0.167. The van der Waals surface area contributed by atoms with E-state index in [9.17, 15) is 0 Å². The number of rotatable bonds is 4. The molecule has 42 heavy (non-hydrogen) atoms. The quantitative estimate of drug-likeness (QED) is 0.182. The second-order valence-corrected chi connectivity index (χ2v) is 12.2. The number of fused-ring (bicyclic) bond motifs is 5. The first kappa shape index (κ1) is 22.4. The molecule has 0 N–H and O–H groups in total. The van der Waals surface area contributed by atoms with E-state index in [0.29, 0.717) is 26.7 Å². The van der Waals surface area contributed by atoms with Crippen molar-refractivity contribution in [2.24, 2.45) is 12.9 Å². The Bertz CT molecular complexity index is 2320. The van der Waals surface area contributed by atoms with Gasteiger partial charge in [-0.2, -0.15) is 0 Å². The van der Waals surface area contributed by atoms with Crippen molar-refractivity contribution in [3.05, 3.63) is 118 Å². The summed E-state index contributed by atoms with van der Waals surface area (Å²) in [7, 11) is 0. The van der Waals surface area contributed by atoms with Crippen molar-refractivity contribution in [1.82, 2.24) is 18.7 Å². The van der Waals surface area contributed by atoms with Crippen LogP contribution in [0.15, 0.2) is 103 Å². The number of hydrogen-bond acceptors (Lipinski definition) is 2. The third-order valence-electron chi connectivity index (χ3n) is 8.43. The minimum atomic E-state index is -2.31. The maximum absolute atomic E-state index is 8.15. The Balaban J connectivity index is 1.25. The maximum atomic E-state index is 8.15. The van der Waals surface area contributed by atoms with Crippen LogP contribution in [0.3, 0.4) is 0 Å². The zero-order valence-electron chi connectivity index (χ0n) is 26.0. The zero-order valence-corrected chi connectivity index (χ0v) is 25.3. The Labute approximate surface area is 259 Å². The van der Waals surface area contributed by atoms with Gasteiger partial charge >= 0.3 is 198 Å². The SMILES string of the molecule is [2H]C([2H])([2H])n1[c](=[Pt])n(-c2cccc(Oc3ccc4c5cc6c(cc5n(-c5ccccn5)c4c3)CCC(C)C6)c2)c2ccccc21. The van der Waals surface area contributed by atoms with E-state index in [4.69, 9.17) is 13.8 Å². The van der Waals surface area contributed by atoms with Gasteiger partial charge in [-0.1, -0.05) is 13.0 Å². The van der Waals surface area contributed by atoms with E-state index in [2.05, 4.69) is 55.1 Å². The van der Waals surface area contributed by atoms with E-state index in [1.54, 1.807) is 0 Å². The molecule has 0 saturated carbocycles. The van der Waals surface area contributed by atoms with Gasteiger partial charge in [0.25, 0.3) is 0 Å². The predicted octanol–water partition coefficient (Wildman–Crippen LogP) is 8.46. The van der Waals surface area contributed by atoms with Crippen LogP contribution in [-0.2, 0) is 39.2 Å². The van der Waals surface area contributed by atoms with E-state index >= 15 is 0 Å². The third-order valence-corrected chi connectivity index (χ3v) is 9.44. The molecule has 1 aliphatic carbocycles. The fourth-order valence-corrected chi connectivity index (χ4v) is 7.26. The summed E-state index contributed by atoms with van der Waals surface area (Å²) < 4.78 is 37.2. The first-order valence-corrected chi connectivity index (χ1v) is 15.4. The van der Waals surface area contributed by atoms with Crippen LogP contribution in [0.25, 0.3) is 44.3 Å². The van der Waals surface area contributed by atoms with E-state index in [1.165, 1.54) is 32.9 Å². The number of hydrogen-bond donors (Lipinski definition) is 0. The summed E-state index contributed by atoms with van der Waals surface area (Å²) in [5.41, 5.74) is 7.36. The average Bonchev–Trinajstić information content (AvgIpc) is 3.51. The molecule has 0 spiro atoms. The number of para-hydroxylation sites is 2. The molecule has 1 atom stereocenters. The van der Waals surface area contributed by atoms with Gasteiger partial charge in [-0.15, -0.1) is 0 Å². The van der Waals surface area contributed by atoms with Gasteiger partial charge in [0, 0.05) is 6.20 Å². The molecule has 0 bridgehead atoms. The number of pyridine rings is 1.